The summed E-state index contributed by atoms with van der Waals surface area (Å²) in [5, 5.41) is 0. The zero-order valence-corrected chi connectivity index (χ0v) is 20.5. The van der Waals surface area contributed by atoms with Crippen LogP contribution in [0.4, 0.5) is 0 Å². The van der Waals surface area contributed by atoms with Gasteiger partial charge < -0.3 is 10.6 Å². The minimum atomic E-state index is -1.22. The number of hydrogen-bond donors (Lipinski definition) is 1. The Hall–Kier alpha value is -3.93. The average Bonchev–Trinajstić information content (AvgIpc) is 3.15. The molecule has 0 spiro atoms. The van der Waals surface area contributed by atoms with E-state index in [1.165, 1.54) is 4.90 Å². The fourth-order valence-corrected chi connectivity index (χ4v) is 4.64. The normalized spacial score (nSPS) is 14.6. The molecule has 1 amide bonds. The number of carbonyl (C=O) groups is 1. The highest BCUT2D eigenvalue weighted by Gasteiger charge is 2.50. The molecule has 2 N–H and O–H groups in total. The Labute approximate surface area is 207 Å². The third-order valence-electron chi connectivity index (χ3n) is 6.34. The summed E-state index contributed by atoms with van der Waals surface area (Å²) in [5.41, 5.74) is 9.45. The molecule has 1 aliphatic heterocycles. The molecule has 35 heavy (non-hydrogen) atoms. The van der Waals surface area contributed by atoms with Crippen LogP contribution in [0.25, 0.3) is 5.70 Å². The summed E-state index contributed by atoms with van der Waals surface area (Å²) in [6.45, 7) is 10.8. The van der Waals surface area contributed by atoms with Crippen LogP contribution >= 0.6 is 0 Å². The lowest BCUT2D eigenvalue weighted by atomic mass is 9.83. The van der Waals surface area contributed by atoms with Crippen molar-refractivity contribution in [3.8, 4) is 0 Å². The molecule has 0 atom stereocenters. The molecular weight excluding hydrogens is 434 g/mol. The molecule has 0 fully saturated rings. The van der Waals surface area contributed by atoms with Crippen LogP contribution in [-0.2, 0) is 16.9 Å². The standard InChI is InChI=1S/C29H33N5O/c1-4-18-33(19-5-2)22(3)23-16-17-31-26(20-23)21-34-27(35)29(32-28(34)30,24-12-8-6-9-13-24)25-14-10-7-11-15-25/h6-17,20H,3-5,18-19,21H2,1-2H3,(H2,30,32). The molecule has 2 aromatic carbocycles. The first-order valence-electron chi connectivity index (χ1n) is 12.2. The Bertz CT molecular complexity index is 1160. The van der Waals surface area contributed by atoms with Crippen LogP contribution < -0.4 is 5.73 Å². The zero-order valence-electron chi connectivity index (χ0n) is 20.5. The van der Waals surface area contributed by atoms with Crippen molar-refractivity contribution in [2.75, 3.05) is 13.1 Å². The number of rotatable bonds is 10. The number of aromatic nitrogens is 1. The predicted molar refractivity (Wildman–Crippen MR) is 141 cm³/mol. The van der Waals surface area contributed by atoms with Crippen molar-refractivity contribution in [1.82, 2.24) is 14.8 Å². The van der Waals surface area contributed by atoms with Gasteiger partial charge in [-0.1, -0.05) is 81.1 Å². The molecule has 6 heteroatoms. The van der Waals surface area contributed by atoms with Gasteiger partial charge in [-0.15, -0.1) is 0 Å². The topological polar surface area (TPSA) is 74.8 Å². The first-order chi connectivity index (χ1) is 17.0. The maximum atomic E-state index is 14.0. The highest BCUT2D eigenvalue weighted by Crippen LogP contribution is 2.39. The van der Waals surface area contributed by atoms with E-state index in [9.17, 15) is 4.79 Å². The number of benzene rings is 2. The van der Waals surface area contributed by atoms with Crippen LogP contribution in [-0.4, -0.2) is 39.7 Å². The van der Waals surface area contributed by atoms with E-state index in [4.69, 9.17) is 10.7 Å². The van der Waals surface area contributed by atoms with Crippen molar-refractivity contribution in [3.63, 3.8) is 0 Å². The fourth-order valence-electron chi connectivity index (χ4n) is 4.64. The SMILES string of the molecule is C=C(c1ccnc(CN2C(=O)C(c3ccccc3)(c3ccccc3)N=C2N)c1)N(CCC)CCC. The van der Waals surface area contributed by atoms with Gasteiger partial charge in [0.1, 0.15) is 0 Å². The molecule has 2 heterocycles. The van der Waals surface area contributed by atoms with Crippen LogP contribution in [0.5, 0.6) is 0 Å². The number of aliphatic imine (C=N–C) groups is 1. The van der Waals surface area contributed by atoms with Crippen LogP contribution in [0.3, 0.4) is 0 Å². The number of pyridine rings is 1. The van der Waals surface area contributed by atoms with E-state index < -0.39 is 5.54 Å². The summed E-state index contributed by atoms with van der Waals surface area (Å²) < 4.78 is 0. The zero-order chi connectivity index (χ0) is 24.8. The van der Waals surface area contributed by atoms with Gasteiger partial charge in [-0.2, -0.15) is 0 Å². The molecule has 4 rings (SSSR count). The molecule has 3 aromatic rings. The number of nitrogens with two attached hydrogens (primary N) is 1. The van der Waals surface area contributed by atoms with Gasteiger partial charge >= 0.3 is 0 Å². The van der Waals surface area contributed by atoms with Gasteiger partial charge in [-0.05, 0) is 36.1 Å². The number of hydrogen-bond acceptors (Lipinski definition) is 5. The third kappa shape index (κ3) is 4.69. The van der Waals surface area contributed by atoms with E-state index in [1.54, 1.807) is 6.20 Å². The Kier molecular flexibility index (Phi) is 7.30. The molecular formula is C29H33N5O. The molecule has 6 nitrogen and oxygen atoms in total. The van der Waals surface area contributed by atoms with Gasteiger partial charge in [0.05, 0.1) is 12.2 Å². The summed E-state index contributed by atoms with van der Waals surface area (Å²) in [6.07, 6.45) is 3.86. The first kappa shape index (κ1) is 24.2. The van der Waals surface area contributed by atoms with Gasteiger partial charge in [-0.25, -0.2) is 4.99 Å². The third-order valence-corrected chi connectivity index (χ3v) is 6.34. The van der Waals surface area contributed by atoms with Crippen molar-refractivity contribution in [2.24, 2.45) is 10.7 Å². The van der Waals surface area contributed by atoms with Crippen LogP contribution in [0, 0.1) is 0 Å². The molecule has 0 saturated carbocycles. The lowest BCUT2D eigenvalue weighted by molar-refractivity contribution is -0.130. The Balaban J connectivity index is 1.66. The van der Waals surface area contributed by atoms with E-state index in [1.807, 2.05) is 72.8 Å². The predicted octanol–water partition coefficient (Wildman–Crippen LogP) is 4.78. The maximum absolute atomic E-state index is 14.0. The Morgan fingerprint density at radius 2 is 1.54 bits per heavy atom. The number of amides is 1. The smallest absolute Gasteiger partial charge is 0.266 e. The van der Waals surface area contributed by atoms with E-state index in [0.717, 1.165) is 54.0 Å². The van der Waals surface area contributed by atoms with Crippen molar-refractivity contribution in [1.29, 1.82) is 0 Å². The second-order valence-corrected chi connectivity index (χ2v) is 8.77. The largest absolute Gasteiger partial charge is 0.372 e. The minimum Gasteiger partial charge on any atom is -0.372 e. The van der Waals surface area contributed by atoms with Gasteiger partial charge in [0, 0.05) is 30.5 Å². The molecule has 180 valence electrons. The minimum absolute atomic E-state index is 0.183. The van der Waals surface area contributed by atoms with Crippen molar-refractivity contribution in [3.05, 3.63) is 108 Å². The summed E-state index contributed by atoms with van der Waals surface area (Å²) in [7, 11) is 0. The van der Waals surface area contributed by atoms with Gasteiger partial charge in [0.15, 0.2) is 11.5 Å². The first-order valence-corrected chi connectivity index (χ1v) is 12.2. The van der Waals surface area contributed by atoms with Gasteiger partial charge in [-0.3, -0.25) is 14.7 Å². The second kappa shape index (κ2) is 10.6. The van der Waals surface area contributed by atoms with E-state index in [0.29, 0.717) is 0 Å². The molecule has 0 radical (unpaired) electrons. The fraction of sp³-hybridized carbons (Fsp3) is 0.276. The average molecular weight is 468 g/mol. The van der Waals surface area contributed by atoms with E-state index >= 15 is 0 Å². The van der Waals surface area contributed by atoms with Crippen molar-refractivity contribution >= 4 is 17.6 Å². The highest BCUT2D eigenvalue weighted by molar-refractivity contribution is 6.09. The number of nitrogens with zero attached hydrogens (tertiary/aromatic N) is 4. The molecule has 0 saturated heterocycles. The maximum Gasteiger partial charge on any atom is 0.266 e. The van der Waals surface area contributed by atoms with Gasteiger partial charge in [0.25, 0.3) is 5.91 Å². The second-order valence-electron chi connectivity index (χ2n) is 8.77. The summed E-state index contributed by atoms with van der Waals surface area (Å²) in [5.74, 6) is 0.00403. The Morgan fingerprint density at radius 3 is 2.09 bits per heavy atom. The monoisotopic (exact) mass is 467 g/mol. The highest BCUT2D eigenvalue weighted by atomic mass is 16.2. The van der Waals surface area contributed by atoms with Crippen LogP contribution in [0.1, 0.15) is 49.1 Å². The van der Waals surface area contributed by atoms with Crippen molar-refractivity contribution in [2.45, 2.75) is 38.8 Å². The lowest BCUT2D eigenvalue weighted by Crippen LogP contribution is -2.43. The van der Waals surface area contributed by atoms with E-state index in [-0.39, 0.29) is 18.4 Å². The summed E-state index contributed by atoms with van der Waals surface area (Å²) >= 11 is 0. The quantitative estimate of drug-likeness (QED) is 0.466. The molecule has 0 unspecified atom stereocenters. The molecule has 0 aliphatic carbocycles. The summed E-state index contributed by atoms with van der Waals surface area (Å²) in [4.78, 5) is 27.2. The molecule has 1 aliphatic rings. The number of guanidine groups is 1. The van der Waals surface area contributed by atoms with Crippen LogP contribution in [0.2, 0.25) is 0 Å². The summed E-state index contributed by atoms with van der Waals surface area (Å²) in [6, 6.07) is 23.1. The molecule has 1 aromatic heterocycles. The van der Waals surface area contributed by atoms with Crippen LogP contribution in [0.15, 0.2) is 90.6 Å². The molecule has 0 bridgehead atoms. The van der Waals surface area contributed by atoms with E-state index in [2.05, 4.69) is 30.3 Å². The van der Waals surface area contributed by atoms with Crippen molar-refractivity contribution < 1.29 is 4.79 Å². The number of carbonyl (C=O) groups excluding carboxylic acids is 1. The van der Waals surface area contributed by atoms with Gasteiger partial charge in [0.2, 0.25) is 0 Å². The lowest BCUT2D eigenvalue weighted by Gasteiger charge is -2.27. The Morgan fingerprint density at radius 1 is 0.971 bits per heavy atom.